The van der Waals surface area contributed by atoms with E-state index in [9.17, 15) is 10.2 Å². The van der Waals surface area contributed by atoms with Gasteiger partial charge >= 0.3 is 0 Å². The molecule has 0 saturated carbocycles. The molecule has 2 heteroatoms. The molecule has 0 heterocycles. The quantitative estimate of drug-likeness (QED) is 0.802. The first-order chi connectivity index (χ1) is 8.69. The normalized spacial score (nSPS) is 10.6. The van der Waals surface area contributed by atoms with Crippen molar-refractivity contribution < 1.29 is 10.2 Å². The van der Waals surface area contributed by atoms with E-state index in [1.54, 1.807) is 6.07 Å². The maximum absolute atomic E-state index is 9.98. The molecule has 0 fully saturated rings. The third-order valence-electron chi connectivity index (χ3n) is 3.31. The fourth-order valence-corrected chi connectivity index (χ4v) is 2.38. The zero-order chi connectivity index (χ0) is 13.1. The Kier molecular flexibility index (Phi) is 3.56. The molecule has 0 aliphatic rings. The summed E-state index contributed by atoms with van der Waals surface area (Å²) in [5.41, 5.74) is 4.23. The highest BCUT2D eigenvalue weighted by molar-refractivity contribution is 5.76. The van der Waals surface area contributed by atoms with E-state index in [-0.39, 0.29) is 11.5 Å². The maximum atomic E-state index is 9.98. The zero-order valence-corrected chi connectivity index (χ0v) is 10.8. The van der Waals surface area contributed by atoms with Crippen LogP contribution in [0.4, 0.5) is 0 Å². The van der Waals surface area contributed by atoms with Crippen molar-refractivity contribution in [1.29, 1.82) is 0 Å². The number of hydrogen-bond acceptors (Lipinski definition) is 2. The molecule has 0 saturated heterocycles. The molecule has 0 radical (unpaired) electrons. The molecule has 0 aliphatic carbocycles. The molecule has 94 valence electrons. The fourth-order valence-electron chi connectivity index (χ4n) is 2.38. The van der Waals surface area contributed by atoms with Gasteiger partial charge in [-0.1, -0.05) is 44.2 Å². The van der Waals surface area contributed by atoms with Crippen LogP contribution in [0.1, 0.15) is 25.0 Å². The Bertz CT molecular complexity index is 559. The van der Waals surface area contributed by atoms with Gasteiger partial charge in [-0.3, -0.25) is 0 Å². The van der Waals surface area contributed by atoms with Gasteiger partial charge in [-0.25, -0.2) is 0 Å². The summed E-state index contributed by atoms with van der Waals surface area (Å²) in [6, 6.07) is 11.2. The zero-order valence-electron chi connectivity index (χ0n) is 10.8. The van der Waals surface area contributed by atoms with Crippen LogP contribution in [-0.2, 0) is 12.8 Å². The Morgan fingerprint density at radius 3 is 2.17 bits per heavy atom. The molecule has 2 nitrogen and oxygen atoms in total. The first kappa shape index (κ1) is 12.5. The van der Waals surface area contributed by atoms with Crippen LogP contribution in [0.2, 0.25) is 0 Å². The highest BCUT2D eigenvalue weighted by Crippen LogP contribution is 2.38. The van der Waals surface area contributed by atoms with Crippen molar-refractivity contribution in [3.63, 3.8) is 0 Å². The van der Waals surface area contributed by atoms with Crippen molar-refractivity contribution in [3.8, 4) is 22.6 Å². The molecular weight excluding hydrogens is 224 g/mol. The van der Waals surface area contributed by atoms with Crippen LogP contribution in [0, 0.1) is 0 Å². The third kappa shape index (κ3) is 2.06. The highest BCUT2D eigenvalue weighted by Gasteiger charge is 2.12. The first-order valence-corrected chi connectivity index (χ1v) is 6.31. The van der Waals surface area contributed by atoms with Crippen LogP contribution in [0.5, 0.6) is 11.5 Å². The van der Waals surface area contributed by atoms with Gasteiger partial charge < -0.3 is 10.2 Å². The lowest BCUT2D eigenvalue weighted by Gasteiger charge is -2.14. The van der Waals surface area contributed by atoms with Crippen LogP contribution in [0.3, 0.4) is 0 Å². The van der Waals surface area contributed by atoms with Gasteiger partial charge in [0.25, 0.3) is 0 Å². The van der Waals surface area contributed by atoms with Gasteiger partial charge in [0.15, 0.2) is 11.5 Å². The summed E-state index contributed by atoms with van der Waals surface area (Å²) >= 11 is 0. The van der Waals surface area contributed by atoms with Gasteiger partial charge in [0.1, 0.15) is 0 Å². The average Bonchev–Trinajstić information content (AvgIpc) is 2.41. The summed E-state index contributed by atoms with van der Waals surface area (Å²) in [7, 11) is 0. The van der Waals surface area contributed by atoms with Crippen molar-refractivity contribution in [1.82, 2.24) is 0 Å². The minimum absolute atomic E-state index is 0.0412. The van der Waals surface area contributed by atoms with E-state index >= 15 is 0 Å². The number of aromatic hydroxyl groups is 2. The first-order valence-electron chi connectivity index (χ1n) is 6.31. The highest BCUT2D eigenvalue weighted by atomic mass is 16.3. The van der Waals surface area contributed by atoms with E-state index in [2.05, 4.69) is 19.9 Å². The predicted octanol–water partition coefficient (Wildman–Crippen LogP) is 3.89. The van der Waals surface area contributed by atoms with Gasteiger partial charge in [0.2, 0.25) is 0 Å². The molecule has 0 aliphatic heterocycles. The minimum Gasteiger partial charge on any atom is -0.504 e. The van der Waals surface area contributed by atoms with E-state index in [1.807, 2.05) is 18.2 Å². The van der Waals surface area contributed by atoms with Crippen LogP contribution in [0.15, 0.2) is 36.4 Å². The van der Waals surface area contributed by atoms with Crippen molar-refractivity contribution in [2.24, 2.45) is 0 Å². The van der Waals surface area contributed by atoms with Crippen molar-refractivity contribution in [2.75, 3.05) is 0 Å². The Balaban J connectivity index is 2.67. The van der Waals surface area contributed by atoms with Crippen molar-refractivity contribution in [3.05, 3.63) is 47.5 Å². The number of phenolic OH excluding ortho intramolecular Hbond substituents is 2. The molecule has 0 aromatic heterocycles. The van der Waals surface area contributed by atoms with E-state index in [0.717, 1.165) is 18.4 Å². The Morgan fingerprint density at radius 2 is 1.50 bits per heavy atom. The Labute approximate surface area is 108 Å². The van der Waals surface area contributed by atoms with Gasteiger partial charge in [-0.15, -0.1) is 0 Å². The Hall–Kier alpha value is -1.96. The lowest BCUT2D eigenvalue weighted by atomic mass is 9.92. The number of benzene rings is 2. The van der Waals surface area contributed by atoms with Gasteiger partial charge in [0, 0.05) is 5.56 Å². The second-order valence-electron chi connectivity index (χ2n) is 4.32. The molecule has 0 bridgehead atoms. The molecule has 0 atom stereocenters. The second kappa shape index (κ2) is 5.13. The lowest BCUT2D eigenvalue weighted by molar-refractivity contribution is 0.405. The Morgan fingerprint density at radius 1 is 0.833 bits per heavy atom. The SMILES string of the molecule is CCc1cccc(-c2cccc(O)c2O)c1CC. The molecular formula is C16H18O2. The molecule has 18 heavy (non-hydrogen) atoms. The number of rotatable bonds is 3. The van der Waals surface area contributed by atoms with E-state index < -0.39 is 0 Å². The summed E-state index contributed by atoms with van der Waals surface area (Å²) in [4.78, 5) is 0. The van der Waals surface area contributed by atoms with Gasteiger partial charge in [0.05, 0.1) is 0 Å². The standard InChI is InChI=1S/C16H18O2/c1-3-11-7-5-8-13(12(11)4-2)14-9-6-10-15(17)16(14)18/h5-10,17-18H,3-4H2,1-2H3. The fraction of sp³-hybridized carbons (Fsp3) is 0.250. The van der Waals surface area contributed by atoms with Gasteiger partial charge in [-0.05, 0) is 35.6 Å². The van der Waals surface area contributed by atoms with E-state index in [4.69, 9.17) is 0 Å². The summed E-state index contributed by atoms with van der Waals surface area (Å²) in [5.74, 6) is -0.114. The minimum atomic E-state index is -0.0727. The van der Waals surface area contributed by atoms with E-state index in [0.29, 0.717) is 5.56 Å². The molecule has 2 aromatic rings. The number of para-hydroxylation sites is 1. The number of phenols is 2. The van der Waals surface area contributed by atoms with Crippen molar-refractivity contribution >= 4 is 0 Å². The summed E-state index contributed by atoms with van der Waals surface area (Å²) in [6.45, 7) is 4.23. The topological polar surface area (TPSA) is 40.5 Å². The summed E-state index contributed by atoms with van der Waals surface area (Å²) in [6.07, 6.45) is 1.88. The molecule has 0 amide bonds. The molecule has 2 aromatic carbocycles. The second-order valence-corrected chi connectivity index (χ2v) is 4.32. The van der Waals surface area contributed by atoms with Crippen LogP contribution >= 0.6 is 0 Å². The van der Waals surface area contributed by atoms with Crippen LogP contribution in [0.25, 0.3) is 11.1 Å². The molecule has 0 unspecified atom stereocenters. The van der Waals surface area contributed by atoms with Crippen molar-refractivity contribution in [2.45, 2.75) is 26.7 Å². The molecule has 0 spiro atoms. The maximum Gasteiger partial charge on any atom is 0.165 e. The largest absolute Gasteiger partial charge is 0.504 e. The van der Waals surface area contributed by atoms with Crippen LogP contribution < -0.4 is 0 Å². The lowest BCUT2D eigenvalue weighted by Crippen LogP contribution is -1.95. The third-order valence-corrected chi connectivity index (χ3v) is 3.31. The summed E-state index contributed by atoms with van der Waals surface area (Å²) in [5, 5.41) is 19.6. The molecule has 2 N–H and O–H groups in total. The monoisotopic (exact) mass is 242 g/mol. The number of aryl methyl sites for hydroxylation is 1. The summed E-state index contributed by atoms with van der Waals surface area (Å²) < 4.78 is 0. The average molecular weight is 242 g/mol. The molecule has 2 rings (SSSR count). The van der Waals surface area contributed by atoms with Crippen LogP contribution in [-0.4, -0.2) is 10.2 Å². The van der Waals surface area contributed by atoms with Gasteiger partial charge in [-0.2, -0.15) is 0 Å². The van der Waals surface area contributed by atoms with E-state index in [1.165, 1.54) is 17.2 Å². The predicted molar refractivity (Wildman–Crippen MR) is 74.0 cm³/mol. The number of hydrogen-bond donors (Lipinski definition) is 2. The smallest absolute Gasteiger partial charge is 0.165 e.